The zero-order chi connectivity index (χ0) is 38.5. The molecule has 2 aromatic heterocycles. The summed E-state index contributed by atoms with van der Waals surface area (Å²) in [7, 11) is 0. The normalized spacial score (nSPS) is 15.1. The fourth-order valence-electron chi connectivity index (χ4n) is 6.12. The van der Waals surface area contributed by atoms with Crippen LogP contribution in [0.1, 0.15) is 80.0 Å². The topological polar surface area (TPSA) is 164 Å². The molecule has 0 bridgehead atoms. The molecule has 52 heavy (non-hydrogen) atoms. The van der Waals surface area contributed by atoms with Crippen molar-refractivity contribution in [2.24, 2.45) is 0 Å². The van der Waals surface area contributed by atoms with E-state index in [1.165, 1.54) is 34.3 Å². The van der Waals surface area contributed by atoms with Gasteiger partial charge in [-0.1, -0.05) is 0 Å². The number of nitrogens with one attached hydrogen (secondary N) is 1. The molecule has 2 aliphatic rings. The fourth-order valence-corrected chi connectivity index (χ4v) is 6.12. The SMILES string of the molecule is Cc1c(-c2cc3cc(N(C(=O)O)C4CN(C(=O)OC(C)(C)C)C4)ncc3c(NC(=O)OC(C)(C)C)c2F)cnc2c1N(C(=O)OC(C)(C)C)CCC2. The Morgan fingerprint density at radius 3 is 2.10 bits per heavy atom. The first-order valence-corrected chi connectivity index (χ1v) is 17.1. The van der Waals surface area contributed by atoms with E-state index < -0.39 is 53.0 Å². The number of pyridine rings is 2. The predicted octanol–water partition coefficient (Wildman–Crippen LogP) is 7.88. The lowest BCUT2D eigenvalue weighted by atomic mass is 9.94. The number of nitrogens with zero attached hydrogens (tertiary/aromatic N) is 5. The van der Waals surface area contributed by atoms with Crippen LogP contribution in [0.25, 0.3) is 21.9 Å². The maximum absolute atomic E-state index is 16.8. The van der Waals surface area contributed by atoms with Gasteiger partial charge in [-0.05, 0) is 105 Å². The number of carboxylic acid groups (broad SMARTS) is 1. The number of anilines is 3. The maximum atomic E-state index is 16.8. The van der Waals surface area contributed by atoms with Crippen LogP contribution in [0.3, 0.4) is 0 Å². The quantitative estimate of drug-likeness (QED) is 0.253. The minimum atomic E-state index is -1.30. The summed E-state index contributed by atoms with van der Waals surface area (Å²) in [4.78, 5) is 64.4. The highest BCUT2D eigenvalue weighted by Gasteiger charge is 2.41. The van der Waals surface area contributed by atoms with E-state index in [1.807, 2.05) is 0 Å². The van der Waals surface area contributed by atoms with E-state index in [2.05, 4.69) is 15.3 Å². The van der Waals surface area contributed by atoms with E-state index in [0.29, 0.717) is 47.3 Å². The molecule has 3 aromatic rings. The number of hydrogen-bond acceptors (Lipinski definition) is 9. The molecule has 2 N–H and O–H groups in total. The van der Waals surface area contributed by atoms with Gasteiger partial charge in [-0.3, -0.25) is 20.1 Å². The van der Waals surface area contributed by atoms with Gasteiger partial charge in [0, 0.05) is 48.5 Å². The Labute approximate surface area is 302 Å². The minimum absolute atomic E-state index is 0.0333. The minimum Gasteiger partial charge on any atom is -0.465 e. The molecule has 4 heterocycles. The number of halogens is 1. The van der Waals surface area contributed by atoms with Gasteiger partial charge in [-0.2, -0.15) is 0 Å². The molecule has 0 saturated carbocycles. The average Bonchev–Trinajstić information content (AvgIpc) is 2.97. The molecule has 14 nitrogen and oxygen atoms in total. The van der Waals surface area contributed by atoms with Gasteiger partial charge in [0.05, 0.1) is 23.1 Å². The lowest BCUT2D eigenvalue weighted by Crippen LogP contribution is -2.63. The zero-order valence-electron chi connectivity index (χ0n) is 31.3. The Kier molecular flexibility index (Phi) is 10.0. The number of carbonyl (C=O) groups is 4. The molecule has 0 atom stereocenters. The summed E-state index contributed by atoms with van der Waals surface area (Å²) < 4.78 is 33.3. The van der Waals surface area contributed by atoms with E-state index in [9.17, 15) is 24.3 Å². The molecular weight excluding hydrogens is 675 g/mol. The Morgan fingerprint density at radius 1 is 0.885 bits per heavy atom. The average molecular weight is 723 g/mol. The second-order valence-corrected chi connectivity index (χ2v) is 16.0. The molecule has 0 radical (unpaired) electrons. The molecule has 0 spiro atoms. The highest BCUT2D eigenvalue weighted by atomic mass is 19.1. The first kappa shape index (κ1) is 38.0. The largest absolute Gasteiger partial charge is 0.465 e. The summed E-state index contributed by atoms with van der Waals surface area (Å²) in [5.41, 5.74) is -0.445. The van der Waals surface area contributed by atoms with Gasteiger partial charge < -0.3 is 24.2 Å². The van der Waals surface area contributed by atoms with Crippen LogP contribution in [0.4, 0.5) is 40.8 Å². The van der Waals surface area contributed by atoms with Gasteiger partial charge in [0.15, 0.2) is 5.82 Å². The zero-order valence-corrected chi connectivity index (χ0v) is 31.3. The van der Waals surface area contributed by atoms with Crippen molar-refractivity contribution >= 4 is 52.3 Å². The van der Waals surface area contributed by atoms with Crippen LogP contribution in [0.5, 0.6) is 0 Å². The van der Waals surface area contributed by atoms with Gasteiger partial charge in [0.2, 0.25) is 0 Å². The molecule has 5 rings (SSSR count). The number of amides is 4. The lowest BCUT2D eigenvalue weighted by Gasteiger charge is -2.43. The first-order valence-electron chi connectivity index (χ1n) is 17.1. The van der Waals surface area contributed by atoms with E-state index in [0.717, 1.165) is 4.90 Å². The van der Waals surface area contributed by atoms with Crippen LogP contribution >= 0.6 is 0 Å². The monoisotopic (exact) mass is 722 g/mol. The van der Waals surface area contributed by atoms with E-state index in [4.69, 9.17) is 14.2 Å². The molecule has 1 fully saturated rings. The van der Waals surface area contributed by atoms with Crippen molar-refractivity contribution < 1.29 is 42.9 Å². The van der Waals surface area contributed by atoms with E-state index in [1.54, 1.807) is 69.2 Å². The van der Waals surface area contributed by atoms with Crippen LogP contribution in [-0.4, -0.2) is 86.8 Å². The number of hydrogen-bond donors (Lipinski definition) is 2. The first-order chi connectivity index (χ1) is 24.0. The van der Waals surface area contributed by atoms with Gasteiger partial charge in [0.1, 0.15) is 22.6 Å². The highest BCUT2D eigenvalue weighted by Crippen LogP contribution is 2.41. The predicted molar refractivity (Wildman–Crippen MR) is 194 cm³/mol. The lowest BCUT2D eigenvalue weighted by molar-refractivity contribution is 0.00805. The van der Waals surface area contributed by atoms with Crippen molar-refractivity contribution in [3.05, 3.63) is 41.6 Å². The van der Waals surface area contributed by atoms with Crippen molar-refractivity contribution in [3.63, 3.8) is 0 Å². The second kappa shape index (κ2) is 13.7. The summed E-state index contributed by atoms with van der Waals surface area (Å²) >= 11 is 0. The van der Waals surface area contributed by atoms with Gasteiger partial charge >= 0.3 is 24.4 Å². The third kappa shape index (κ3) is 8.29. The fraction of sp³-hybridized carbons (Fsp3) is 0.514. The van der Waals surface area contributed by atoms with Gasteiger partial charge in [0.25, 0.3) is 0 Å². The van der Waals surface area contributed by atoms with Crippen molar-refractivity contribution in [3.8, 4) is 11.1 Å². The van der Waals surface area contributed by atoms with E-state index >= 15 is 4.39 Å². The molecular formula is C37H47FN6O8. The molecule has 280 valence electrons. The number of fused-ring (bicyclic) bond motifs is 2. The van der Waals surface area contributed by atoms with Crippen molar-refractivity contribution in [1.82, 2.24) is 14.9 Å². The number of aromatic nitrogens is 2. The number of likely N-dealkylation sites (tertiary alicyclic amines) is 1. The van der Waals surface area contributed by atoms with Gasteiger partial charge in [-0.15, -0.1) is 0 Å². The third-order valence-electron chi connectivity index (χ3n) is 8.26. The van der Waals surface area contributed by atoms with Gasteiger partial charge in [-0.25, -0.2) is 28.6 Å². The van der Waals surface area contributed by atoms with Crippen LogP contribution in [0, 0.1) is 12.7 Å². The highest BCUT2D eigenvalue weighted by molar-refractivity contribution is 6.05. The summed E-state index contributed by atoms with van der Waals surface area (Å²) in [6.45, 7) is 17.9. The molecule has 1 aromatic carbocycles. The van der Waals surface area contributed by atoms with E-state index in [-0.39, 0.29) is 35.5 Å². The number of rotatable bonds is 4. The Balaban J connectivity index is 1.61. The number of carbonyl (C=O) groups excluding carboxylic acids is 3. The molecule has 0 unspecified atom stereocenters. The molecule has 0 aliphatic carbocycles. The Bertz CT molecular complexity index is 1920. The summed E-state index contributed by atoms with van der Waals surface area (Å²) in [6.07, 6.45) is 0.769. The van der Waals surface area contributed by atoms with Crippen molar-refractivity contribution in [1.29, 1.82) is 0 Å². The molecule has 2 aliphatic heterocycles. The molecule has 4 amide bonds. The molecule has 1 saturated heterocycles. The van der Waals surface area contributed by atoms with Crippen molar-refractivity contribution in [2.75, 3.05) is 34.8 Å². The van der Waals surface area contributed by atoms with Crippen molar-refractivity contribution in [2.45, 2.75) is 105 Å². The molecule has 15 heteroatoms. The van der Waals surface area contributed by atoms with Crippen LogP contribution in [-0.2, 0) is 20.6 Å². The summed E-state index contributed by atoms with van der Waals surface area (Å²) in [5, 5.41) is 13.3. The van der Waals surface area contributed by atoms with Crippen LogP contribution in [0.2, 0.25) is 0 Å². The second-order valence-electron chi connectivity index (χ2n) is 16.0. The summed E-state index contributed by atoms with van der Waals surface area (Å²) in [5.74, 6) is -0.773. The summed E-state index contributed by atoms with van der Waals surface area (Å²) in [6, 6.07) is 2.39. The maximum Gasteiger partial charge on any atom is 0.414 e. The number of benzene rings is 1. The Hall–Kier alpha value is -5.21. The smallest absolute Gasteiger partial charge is 0.414 e. The third-order valence-corrected chi connectivity index (χ3v) is 8.26. The number of aryl methyl sites for hydroxylation is 1. The Morgan fingerprint density at radius 2 is 1.50 bits per heavy atom. The standard InChI is InChI=1S/C37H47FN6O8/c1-20-24(16-39-26-12-11-13-43(30(20)26)34(49)52-37(8,9)10)23-14-21-15-27(40-17-25(21)29(28(23)38)41-31(45)50-35(2,3)4)44(32(46)47)22-18-42(19-22)33(48)51-36(5,6)7/h14-17,22H,11-13,18-19H2,1-10H3,(H,41,45)(H,46,47). The van der Waals surface area contributed by atoms with Crippen LogP contribution < -0.4 is 15.1 Å². The van der Waals surface area contributed by atoms with Crippen LogP contribution in [0.15, 0.2) is 24.5 Å². The number of ether oxygens (including phenoxy) is 3.